The Morgan fingerprint density at radius 3 is 3.00 bits per heavy atom. The van der Waals surface area contributed by atoms with Crippen LogP contribution < -0.4 is 5.32 Å². The zero-order chi connectivity index (χ0) is 11.8. The summed E-state index contributed by atoms with van der Waals surface area (Å²) >= 11 is 0. The fourth-order valence-electron chi connectivity index (χ4n) is 2.48. The maximum absolute atomic E-state index is 12.0. The van der Waals surface area contributed by atoms with Crippen LogP contribution in [-0.2, 0) is 0 Å². The van der Waals surface area contributed by atoms with Gasteiger partial charge in [0.05, 0.1) is 6.33 Å². The highest BCUT2D eigenvalue weighted by Gasteiger charge is 2.39. The Hall–Kier alpha value is -1.69. The van der Waals surface area contributed by atoms with Crippen molar-refractivity contribution in [1.82, 2.24) is 20.2 Å². The molecule has 1 aromatic heterocycles. The average Bonchev–Trinajstić information content (AvgIpc) is 2.91. The Morgan fingerprint density at radius 1 is 1.41 bits per heavy atom. The standard InChI is InChI=1S/C11H14N4O2/c16-10-8-9(14-6-13-8)11(17)15(10)5-7-2-1-3-12-4-7/h6-7,12H,1-5H2,(H,13,14). The predicted molar refractivity (Wildman–Crippen MR) is 59.5 cm³/mol. The summed E-state index contributed by atoms with van der Waals surface area (Å²) in [6.45, 7) is 2.40. The van der Waals surface area contributed by atoms with Crippen LogP contribution in [0.5, 0.6) is 0 Å². The second-order valence-electron chi connectivity index (χ2n) is 4.56. The molecule has 3 heterocycles. The van der Waals surface area contributed by atoms with E-state index in [2.05, 4.69) is 15.3 Å². The summed E-state index contributed by atoms with van der Waals surface area (Å²) in [5, 5.41) is 3.28. The maximum Gasteiger partial charge on any atom is 0.281 e. The second-order valence-corrected chi connectivity index (χ2v) is 4.56. The molecule has 2 amide bonds. The summed E-state index contributed by atoms with van der Waals surface area (Å²) in [7, 11) is 0. The molecule has 0 aromatic carbocycles. The van der Waals surface area contributed by atoms with E-state index < -0.39 is 0 Å². The quantitative estimate of drug-likeness (QED) is 0.706. The molecular formula is C11H14N4O2. The Kier molecular flexibility index (Phi) is 2.44. The number of nitrogens with one attached hydrogen (secondary N) is 2. The number of imidazole rings is 1. The highest BCUT2D eigenvalue weighted by molar-refractivity contribution is 6.19. The Labute approximate surface area is 98.4 Å². The molecule has 90 valence electrons. The second kappa shape index (κ2) is 3.96. The van der Waals surface area contributed by atoms with Crippen molar-refractivity contribution in [2.24, 2.45) is 5.92 Å². The largest absolute Gasteiger partial charge is 0.340 e. The first-order chi connectivity index (χ1) is 8.27. The number of amides is 2. The number of carbonyl (C=O) groups excluding carboxylic acids is 2. The van der Waals surface area contributed by atoms with Crippen LogP contribution in [0, 0.1) is 5.92 Å². The van der Waals surface area contributed by atoms with Crippen LogP contribution >= 0.6 is 0 Å². The Morgan fingerprint density at radius 2 is 2.29 bits per heavy atom. The number of aromatic amines is 1. The van der Waals surface area contributed by atoms with Gasteiger partial charge in [0.2, 0.25) is 0 Å². The van der Waals surface area contributed by atoms with Crippen molar-refractivity contribution in [2.75, 3.05) is 19.6 Å². The van der Waals surface area contributed by atoms with Crippen molar-refractivity contribution in [3.05, 3.63) is 17.7 Å². The van der Waals surface area contributed by atoms with E-state index in [1.807, 2.05) is 0 Å². The number of fused-ring (bicyclic) bond motifs is 1. The van der Waals surface area contributed by atoms with Crippen molar-refractivity contribution in [2.45, 2.75) is 12.8 Å². The van der Waals surface area contributed by atoms with Crippen molar-refractivity contribution in [1.29, 1.82) is 0 Å². The number of nitrogens with zero attached hydrogens (tertiary/aromatic N) is 2. The summed E-state index contributed by atoms with van der Waals surface area (Å²) in [4.78, 5) is 31.8. The minimum absolute atomic E-state index is 0.243. The molecule has 0 aliphatic carbocycles. The molecule has 0 saturated carbocycles. The van der Waals surface area contributed by atoms with E-state index in [4.69, 9.17) is 0 Å². The lowest BCUT2D eigenvalue weighted by Gasteiger charge is -2.26. The van der Waals surface area contributed by atoms with Gasteiger partial charge in [-0.3, -0.25) is 14.5 Å². The van der Waals surface area contributed by atoms with Gasteiger partial charge in [-0.1, -0.05) is 0 Å². The molecule has 17 heavy (non-hydrogen) atoms. The fraction of sp³-hybridized carbons (Fsp3) is 0.545. The summed E-state index contributed by atoms with van der Waals surface area (Å²) in [6, 6.07) is 0. The van der Waals surface area contributed by atoms with Crippen LogP contribution in [0.15, 0.2) is 6.33 Å². The summed E-state index contributed by atoms with van der Waals surface area (Å²) in [5.74, 6) is -0.148. The van der Waals surface area contributed by atoms with Gasteiger partial charge in [0.15, 0.2) is 5.69 Å². The van der Waals surface area contributed by atoms with Gasteiger partial charge in [-0.25, -0.2) is 4.98 Å². The molecule has 2 N–H and O–H groups in total. The van der Waals surface area contributed by atoms with Crippen LogP contribution in [0.4, 0.5) is 0 Å². The normalized spacial score (nSPS) is 24.2. The van der Waals surface area contributed by atoms with Gasteiger partial charge in [0, 0.05) is 6.54 Å². The molecule has 0 bridgehead atoms. The summed E-state index contributed by atoms with van der Waals surface area (Å²) in [5.41, 5.74) is 0.595. The number of imide groups is 1. The van der Waals surface area contributed by atoms with E-state index in [0.717, 1.165) is 25.9 Å². The molecule has 6 nitrogen and oxygen atoms in total. The molecule has 1 unspecified atom stereocenters. The van der Waals surface area contributed by atoms with Crippen molar-refractivity contribution >= 4 is 11.8 Å². The molecule has 6 heteroatoms. The molecule has 1 fully saturated rings. The highest BCUT2D eigenvalue weighted by Crippen LogP contribution is 2.22. The predicted octanol–water partition coefficient (Wildman–Crippen LogP) is 0.00530. The number of carbonyl (C=O) groups is 2. The zero-order valence-corrected chi connectivity index (χ0v) is 9.40. The van der Waals surface area contributed by atoms with E-state index in [-0.39, 0.29) is 17.5 Å². The molecular weight excluding hydrogens is 220 g/mol. The van der Waals surface area contributed by atoms with Gasteiger partial charge in [0.1, 0.15) is 5.69 Å². The summed E-state index contributed by atoms with van der Waals surface area (Å²) in [6.07, 6.45) is 3.55. The first kappa shape index (κ1) is 10.5. The molecule has 0 spiro atoms. The van der Waals surface area contributed by atoms with E-state index in [1.54, 1.807) is 0 Å². The molecule has 1 aromatic rings. The van der Waals surface area contributed by atoms with Gasteiger partial charge in [-0.15, -0.1) is 0 Å². The Balaban J connectivity index is 1.75. The fourth-order valence-corrected chi connectivity index (χ4v) is 2.48. The topological polar surface area (TPSA) is 78.1 Å². The lowest BCUT2D eigenvalue weighted by Crippen LogP contribution is -2.41. The van der Waals surface area contributed by atoms with Gasteiger partial charge in [-0.2, -0.15) is 0 Å². The minimum Gasteiger partial charge on any atom is -0.340 e. The number of aromatic nitrogens is 2. The smallest absolute Gasteiger partial charge is 0.281 e. The van der Waals surface area contributed by atoms with E-state index in [9.17, 15) is 9.59 Å². The average molecular weight is 234 g/mol. The van der Waals surface area contributed by atoms with E-state index >= 15 is 0 Å². The molecule has 3 rings (SSSR count). The lowest BCUT2D eigenvalue weighted by atomic mass is 9.99. The maximum atomic E-state index is 12.0. The van der Waals surface area contributed by atoms with Gasteiger partial charge in [0.25, 0.3) is 11.8 Å². The van der Waals surface area contributed by atoms with Gasteiger partial charge < -0.3 is 10.3 Å². The molecule has 2 aliphatic rings. The van der Waals surface area contributed by atoms with Crippen molar-refractivity contribution in [3.8, 4) is 0 Å². The monoisotopic (exact) mass is 234 g/mol. The summed E-state index contributed by atoms with van der Waals surface area (Å²) < 4.78 is 0. The van der Waals surface area contributed by atoms with E-state index in [0.29, 0.717) is 18.2 Å². The Bertz CT molecular complexity index is 431. The van der Waals surface area contributed by atoms with Crippen LogP contribution in [0.25, 0.3) is 0 Å². The van der Waals surface area contributed by atoms with Crippen LogP contribution in [0.1, 0.15) is 33.8 Å². The third-order valence-electron chi connectivity index (χ3n) is 3.39. The molecule has 0 radical (unpaired) electrons. The van der Waals surface area contributed by atoms with E-state index in [1.165, 1.54) is 11.2 Å². The SMILES string of the molecule is O=C1c2nc[nH]c2C(=O)N1CC1CCCNC1. The third-order valence-corrected chi connectivity index (χ3v) is 3.39. The number of rotatable bonds is 2. The number of piperidine rings is 1. The highest BCUT2D eigenvalue weighted by atomic mass is 16.2. The molecule has 1 atom stereocenters. The molecule has 2 aliphatic heterocycles. The van der Waals surface area contributed by atoms with Gasteiger partial charge >= 0.3 is 0 Å². The van der Waals surface area contributed by atoms with Crippen LogP contribution in [-0.4, -0.2) is 46.3 Å². The van der Waals surface area contributed by atoms with Crippen molar-refractivity contribution in [3.63, 3.8) is 0 Å². The first-order valence-corrected chi connectivity index (χ1v) is 5.87. The third kappa shape index (κ3) is 1.64. The first-order valence-electron chi connectivity index (χ1n) is 5.87. The lowest BCUT2D eigenvalue weighted by molar-refractivity contribution is 0.0616. The molecule has 1 saturated heterocycles. The number of hydrogen-bond donors (Lipinski definition) is 2. The van der Waals surface area contributed by atoms with Crippen LogP contribution in [0.2, 0.25) is 0 Å². The van der Waals surface area contributed by atoms with Gasteiger partial charge in [-0.05, 0) is 31.8 Å². The minimum atomic E-state index is -0.267. The van der Waals surface area contributed by atoms with Crippen LogP contribution in [0.3, 0.4) is 0 Å². The number of hydrogen-bond acceptors (Lipinski definition) is 4. The number of H-pyrrole nitrogens is 1. The zero-order valence-electron chi connectivity index (χ0n) is 9.40. The van der Waals surface area contributed by atoms with Crippen molar-refractivity contribution < 1.29 is 9.59 Å².